The molecule has 0 aromatic carbocycles. The molecule has 4 nitrogen and oxygen atoms in total. The molecule has 2 saturated heterocycles. The van der Waals surface area contributed by atoms with E-state index in [2.05, 4.69) is 10.6 Å². The first-order valence-electron chi connectivity index (χ1n) is 4.26. The molecule has 2 heterocycles. The van der Waals surface area contributed by atoms with Gasteiger partial charge in [0.2, 0.25) is 5.91 Å². The van der Waals surface area contributed by atoms with Gasteiger partial charge in [0.15, 0.2) is 0 Å². The third-order valence-electron chi connectivity index (χ3n) is 2.51. The summed E-state index contributed by atoms with van der Waals surface area (Å²) in [6.07, 6.45) is 0. The largest absolute Gasteiger partial charge is 0.378 e. The van der Waals surface area contributed by atoms with Crippen LogP contribution in [-0.4, -0.2) is 36.7 Å². The molecule has 0 unspecified atom stereocenters. The van der Waals surface area contributed by atoms with E-state index < -0.39 is 5.54 Å². The summed E-state index contributed by atoms with van der Waals surface area (Å²) in [7, 11) is 0. The van der Waals surface area contributed by atoms with Crippen LogP contribution in [0.25, 0.3) is 0 Å². The van der Waals surface area contributed by atoms with Gasteiger partial charge < -0.3 is 10.1 Å². The molecule has 0 aromatic rings. The van der Waals surface area contributed by atoms with Gasteiger partial charge in [-0.1, -0.05) is 0 Å². The smallest absolute Gasteiger partial charge is 0.240 e. The summed E-state index contributed by atoms with van der Waals surface area (Å²) >= 11 is 0. The first-order valence-corrected chi connectivity index (χ1v) is 4.26. The third kappa shape index (κ3) is 1.11. The summed E-state index contributed by atoms with van der Waals surface area (Å²) in [6.45, 7) is 5.11. The van der Waals surface area contributed by atoms with Crippen LogP contribution in [0.15, 0.2) is 0 Å². The molecule has 0 saturated carbocycles. The van der Waals surface area contributed by atoms with Crippen molar-refractivity contribution in [2.75, 3.05) is 13.2 Å². The maximum absolute atomic E-state index is 11.4. The third-order valence-corrected chi connectivity index (χ3v) is 2.51. The first-order chi connectivity index (χ1) is 5.59. The molecule has 2 aliphatic rings. The van der Waals surface area contributed by atoms with Crippen molar-refractivity contribution in [3.05, 3.63) is 0 Å². The quantitative estimate of drug-likeness (QED) is 0.503. The Balaban J connectivity index is 2.14. The Hall–Kier alpha value is -0.610. The van der Waals surface area contributed by atoms with Gasteiger partial charge in [0.05, 0.1) is 30.8 Å². The number of rotatable bonds is 0. The van der Waals surface area contributed by atoms with Gasteiger partial charge >= 0.3 is 0 Å². The molecule has 1 amide bonds. The van der Waals surface area contributed by atoms with Crippen LogP contribution in [0.4, 0.5) is 0 Å². The summed E-state index contributed by atoms with van der Waals surface area (Å²) in [5, 5.41) is 6.21. The van der Waals surface area contributed by atoms with E-state index in [1.807, 2.05) is 13.8 Å². The summed E-state index contributed by atoms with van der Waals surface area (Å²) in [5.74, 6) is 0.0641. The van der Waals surface area contributed by atoms with Gasteiger partial charge in [0, 0.05) is 0 Å². The predicted octanol–water partition coefficient (Wildman–Crippen LogP) is -0.748. The van der Waals surface area contributed by atoms with Gasteiger partial charge in [0.25, 0.3) is 0 Å². The highest BCUT2D eigenvalue weighted by molar-refractivity contribution is 5.86. The van der Waals surface area contributed by atoms with Crippen molar-refractivity contribution in [2.45, 2.75) is 31.5 Å². The molecule has 0 spiro atoms. The second-order valence-electron chi connectivity index (χ2n) is 3.99. The Bertz CT molecular complexity index is 215. The van der Waals surface area contributed by atoms with Crippen molar-refractivity contribution in [3.63, 3.8) is 0 Å². The molecule has 4 heteroatoms. The zero-order valence-corrected chi connectivity index (χ0v) is 7.39. The van der Waals surface area contributed by atoms with Crippen LogP contribution in [0.1, 0.15) is 13.8 Å². The molecule has 12 heavy (non-hydrogen) atoms. The number of carbonyl (C=O) groups excluding carboxylic acids is 1. The maximum Gasteiger partial charge on any atom is 0.240 e. The summed E-state index contributed by atoms with van der Waals surface area (Å²) in [5.41, 5.74) is -0.450. The fourth-order valence-corrected chi connectivity index (χ4v) is 1.72. The minimum absolute atomic E-state index is 0.0641. The van der Waals surface area contributed by atoms with Gasteiger partial charge in [-0.15, -0.1) is 0 Å². The molecule has 0 aromatic heterocycles. The van der Waals surface area contributed by atoms with Gasteiger partial charge in [-0.3, -0.25) is 10.1 Å². The fourth-order valence-electron chi connectivity index (χ4n) is 1.72. The number of hydrogen-bond donors (Lipinski definition) is 2. The number of hydrogen-bond acceptors (Lipinski definition) is 3. The van der Waals surface area contributed by atoms with Gasteiger partial charge in [-0.2, -0.15) is 0 Å². The van der Waals surface area contributed by atoms with Gasteiger partial charge in [-0.05, 0) is 13.8 Å². The highest BCUT2D eigenvalue weighted by atomic mass is 16.5. The Kier molecular flexibility index (Phi) is 1.63. The number of carbonyl (C=O) groups is 1. The van der Waals surface area contributed by atoms with E-state index in [4.69, 9.17) is 4.74 Å². The molecule has 0 radical (unpaired) electrons. The minimum Gasteiger partial charge on any atom is -0.378 e. The molecule has 0 aliphatic carbocycles. The predicted molar refractivity (Wildman–Crippen MR) is 43.8 cm³/mol. The highest BCUT2D eigenvalue weighted by Gasteiger charge is 2.42. The Labute approximate surface area is 71.7 Å². The standard InChI is InChI=1S/C8H14N2O2/c1-8(2)7(11)9-5-3-12-4-6(5)10-8/h5-6,10H,3-4H2,1-2H3,(H,9,11)/t5-,6+/m0/s1. The van der Waals surface area contributed by atoms with Gasteiger partial charge in [-0.25, -0.2) is 0 Å². The van der Waals surface area contributed by atoms with Crippen molar-refractivity contribution in [1.82, 2.24) is 10.6 Å². The second-order valence-corrected chi connectivity index (χ2v) is 3.99. The highest BCUT2D eigenvalue weighted by Crippen LogP contribution is 2.16. The average Bonchev–Trinajstić information content (AvgIpc) is 2.35. The van der Waals surface area contributed by atoms with Crippen LogP contribution in [-0.2, 0) is 9.53 Å². The molecule has 2 fully saturated rings. The monoisotopic (exact) mass is 170 g/mol. The van der Waals surface area contributed by atoms with Gasteiger partial charge in [0.1, 0.15) is 0 Å². The lowest BCUT2D eigenvalue weighted by Gasteiger charge is -2.37. The Morgan fingerprint density at radius 1 is 1.42 bits per heavy atom. The molecule has 2 atom stereocenters. The topological polar surface area (TPSA) is 50.4 Å². The molecule has 0 bridgehead atoms. The molecular formula is C8H14N2O2. The summed E-state index contributed by atoms with van der Waals surface area (Å²) in [6, 6.07) is 0.461. The molecular weight excluding hydrogens is 156 g/mol. The SMILES string of the molecule is CC1(C)N[C@@H]2COC[C@@H]2NC1=O. The molecule has 68 valence electrons. The van der Waals surface area contributed by atoms with Crippen LogP contribution < -0.4 is 10.6 Å². The van der Waals surface area contributed by atoms with Crippen LogP contribution in [0.3, 0.4) is 0 Å². The average molecular weight is 170 g/mol. The number of nitrogens with one attached hydrogen (secondary N) is 2. The van der Waals surface area contributed by atoms with E-state index in [9.17, 15) is 4.79 Å². The fraction of sp³-hybridized carbons (Fsp3) is 0.875. The van der Waals surface area contributed by atoms with Crippen molar-refractivity contribution >= 4 is 5.91 Å². The van der Waals surface area contributed by atoms with Crippen molar-refractivity contribution in [1.29, 1.82) is 0 Å². The van der Waals surface area contributed by atoms with E-state index in [0.717, 1.165) is 0 Å². The zero-order chi connectivity index (χ0) is 8.77. The minimum atomic E-state index is -0.450. The first kappa shape index (κ1) is 8.01. The lowest BCUT2D eigenvalue weighted by Crippen LogP contribution is -2.68. The molecule has 2 rings (SSSR count). The molecule has 2 aliphatic heterocycles. The van der Waals surface area contributed by atoms with Crippen molar-refractivity contribution < 1.29 is 9.53 Å². The normalized spacial score (nSPS) is 39.0. The van der Waals surface area contributed by atoms with E-state index in [-0.39, 0.29) is 18.0 Å². The maximum atomic E-state index is 11.4. The number of fused-ring (bicyclic) bond motifs is 1. The lowest BCUT2D eigenvalue weighted by atomic mass is 9.96. The molecule has 2 N–H and O–H groups in total. The summed E-state index contributed by atoms with van der Waals surface area (Å²) in [4.78, 5) is 11.4. The van der Waals surface area contributed by atoms with E-state index in [1.165, 1.54) is 0 Å². The second kappa shape index (κ2) is 2.44. The zero-order valence-electron chi connectivity index (χ0n) is 7.39. The van der Waals surface area contributed by atoms with Crippen molar-refractivity contribution in [2.24, 2.45) is 0 Å². The Morgan fingerprint density at radius 3 is 2.83 bits per heavy atom. The van der Waals surface area contributed by atoms with E-state index >= 15 is 0 Å². The Morgan fingerprint density at radius 2 is 2.08 bits per heavy atom. The van der Waals surface area contributed by atoms with E-state index in [0.29, 0.717) is 13.2 Å². The van der Waals surface area contributed by atoms with Crippen LogP contribution in [0.2, 0.25) is 0 Å². The lowest BCUT2D eigenvalue weighted by molar-refractivity contribution is -0.129. The van der Waals surface area contributed by atoms with Crippen LogP contribution in [0.5, 0.6) is 0 Å². The van der Waals surface area contributed by atoms with Crippen molar-refractivity contribution in [3.8, 4) is 0 Å². The number of piperazine rings is 1. The number of ether oxygens (including phenoxy) is 1. The van der Waals surface area contributed by atoms with Crippen LogP contribution >= 0.6 is 0 Å². The number of amides is 1. The van der Waals surface area contributed by atoms with Crippen LogP contribution in [0, 0.1) is 0 Å². The van der Waals surface area contributed by atoms with E-state index in [1.54, 1.807) is 0 Å². The summed E-state index contributed by atoms with van der Waals surface area (Å²) < 4.78 is 5.26.